The molecular weight excluding hydrogens is 296 g/mol. The van der Waals surface area contributed by atoms with Gasteiger partial charge in [0.15, 0.2) is 0 Å². The number of furan rings is 1. The van der Waals surface area contributed by atoms with Gasteiger partial charge in [0.05, 0.1) is 30.7 Å². The maximum atomic E-state index is 11.7. The number of hydrogen-bond acceptors (Lipinski definition) is 3. The number of fused-ring (bicyclic) bond motifs is 1. The second-order valence-electron chi connectivity index (χ2n) is 4.15. The number of nitrogens with one attached hydrogen (secondary N) is 1. The molecule has 2 heterocycles. The maximum Gasteiger partial charge on any atom is 0.243 e. The topological polar surface area (TPSA) is 45.5 Å². The van der Waals surface area contributed by atoms with E-state index in [1.54, 1.807) is 6.26 Å². The van der Waals surface area contributed by atoms with Crippen LogP contribution in [-0.4, -0.2) is 12.5 Å². The number of anilines is 2. The molecule has 0 radical (unpaired) electrons. The van der Waals surface area contributed by atoms with Crippen molar-refractivity contribution in [2.75, 3.05) is 16.8 Å². The van der Waals surface area contributed by atoms with Gasteiger partial charge in [-0.1, -0.05) is 15.9 Å². The van der Waals surface area contributed by atoms with Crippen LogP contribution in [0.1, 0.15) is 5.76 Å². The molecule has 4 nitrogen and oxygen atoms in total. The van der Waals surface area contributed by atoms with Crippen molar-refractivity contribution in [1.29, 1.82) is 0 Å². The van der Waals surface area contributed by atoms with E-state index in [4.69, 9.17) is 4.42 Å². The summed E-state index contributed by atoms with van der Waals surface area (Å²) in [6.45, 7) is 0.935. The Kier molecular flexibility index (Phi) is 2.83. The van der Waals surface area contributed by atoms with Gasteiger partial charge in [-0.2, -0.15) is 0 Å². The highest BCUT2D eigenvalue weighted by atomic mass is 79.9. The maximum absolute atomic E-state index is 11.7. The van der Waals surface area contributed by atoms with E-state index in [9.17, 15) is 4.79 Å². The van der Waals surface area contributed by atoms with Gasteiger partial charge in [-0.05, 0) is 30.3 Å². The van der Waals surface area contributed by atoms with Gasteiger partial charge in [0.25, 0.3) is 0 Å². The first-order chi connectivity index (χ1) is 8.72. The standard InChI is InChI=1S/C13H11BrN2O2/c14-9-3-4-12-11(6-9)15-13(17)8-16(12)7-10-2-1-5-18-10/h1-6H,7-8H2,(H,15,17). The molecule has 1 aromatic carbocycles. The number of amides is 1. The molecule has 5 heteroatoms. The van der Waals surface area contributed by atoms with Crippen molar-refractivity contribution in [1.82, 2.24) is 0 Å². The highest BCUT2D eigenvalue weighted by Gasteiger charge is 2.22. The summed E-state index contributed by atoms with van der Waals surface area (Å²) in [4.78, 5) is 13.7. The minimum Gasteiger partial charge on any atom is -0.467 e. The Labute approximate surface area is 113 Å². The molecule has 0 saturated carbocycles. The molecule has 3 rings (SSSR count). The van der Waals surface area contributed by atoms with Gasteiger partial charge < -0.3 is 14.6 Å². The van der Waals surface area contributed by atoms with Crippen LogP contribution in [0, 0.1) is 0 Å². The van der Waals surface area contributed by atoms with Crippen molar-refractivity contribution in [3.05, 3.63) is 46.8 Å². The summed E-state index contributed by atoms with van der Waals surface area (Å²) >= 11 is 3.40. The zero-order valence-corrected chi connectivity index (χ0v) is 11.1. The zero-order chi connectivity index (χ0) is 12.5. The summed E-state index contributed by atoms with van der Waals surface area (Å²) in [5.41, 5.74) is 1.83. The first-order valence-electron chi connectivity index (χ1n) is 5.59. The molecule has 0 spiro atoms. The van der Waals surface area contributed by atoms with Gasteiger partial charge in [0.1, 0.15) is 5.76 Å². The van der Waals surface area contributed by atoms with Gasteiger partial charge in [-0.25, -0.2) is 0 Å². The van der Waals surface area contributed by atoms with Crippen LogP contribution in [0.5, 0.6) is 0 Å². The fraction of sp³-hybridized carbons (Fsp3) is 0.154. The summed E-state index contributed by atoms with van der Waals surface area (Å²) in [6.07, 6.45) is 1.64. The number of rotatable bonds is 2. The van der Waals surface area contributed by atoms with Crippen LogP contribution in [0.25, 0.3) is 0 Å². The molecular formula is C13H11BrN2O2. The van der Waals surface area contributed by atoms with Crippen molar-refractivity contribution < 1.29 is 9.21 Å². The SMILES string of the molecule is O=C1CN(Cc2ccco2)c2ccc(Br)cc2N1. The van der Waals surface area contributed by atoms with Gasteiger partial charge in [0.2, 0.25) is 5.91 Å². The molecule has 0 saturated heterocycles. The lowest BCUT2D eigenvalue weighted by atomic mass is 10.2. The molecule has 0 fully saturated rings. The molecule has 18 heavy (non-hydrogen) atoms. The van der Waals surface area contributed by atoms with E-state index in [2.05, 4.69) is 21.2 Å². The first-order valence-corrected chi connectivity index (χ1v) is 6.38. The number of hydrogen-bond donors (Lipinski definition) is 1. The van der Waals surface area contributed by atoms with Crippen LogP contribution in [-0.2, 0) is 11.3 Å². The van der Waals surface area contributed by atoms with E-state index in [-0.39, 0.29) is 5.91 Å². The molecule has 2 aromatic rings. The monoisotopic (exact) mass is 306 g/mol. The summed E-state index contributed by atoms with van der Waals surface area (Å²) in [5, 5.41) is 2.87. The van der Waals surface area contributed by atoms with Crippen LogP contribution < -0.4 is 10.2 Å². The van der Waals surface area contributed by atoms with Gasteiger partial charge in [0, 0.05) is 4.47 Å². The molecule has 1 aromatic heterocycles. The fourth-order valence-corrected chi connectivity index (χ4v) is 2.43. The number of benzene rings is 1. The highest BCUT2D eigenvalue weighted by Crippen LogP contribution is 2.32. The third-order valence-electron chi connectivity index (χ3n) is 2.83. The second kappa shape index (κ2) is 4.49. The molecule has 0 atom stereocenters. The van der Waals surface area contributed by atoms with E-state index in [1.165, 1.54) is 0 Å². The number of nitrogens with zero attached hydrogens (tertiary/aromatic N) is 1. The highest BCUT2D eigenvalue weighted by molar-refractivity contribution is 9.10. The Morgan fingerprint density at radius 1 is 1.39 bits per heavy atom. The predicted molar refractivity (Wildman–Crippen MR) is 72.5 cm³/mol. The summed E-state index contributed by atoms with van der Waals surface area (Å²) in [5.74, 6) is 0.839. The second-order valence-corrected chi connectivity index (χ2v) is 5.06. The minimum atomic E-state index is -0.00726. The average molecular weight is 307 g/mol. The lowest BCUT2D eigenvalue weighted by molar-refractivity contribution is -0.115. The van der Waals surface area contributed by atoms with Crippen LogP contribution in [0.15, 0.2) is 45.5 Å². The van der Waals surface area contributed by atoms with E-state index < -0.39 is 0 Å². The third kappa shape index (κ3) is 2.13. The summed E-state index contributed by atoms with van der Waals surface area (Å²) < 4.78 is 6.27. The lowest BCUT2D eigenvalue weighted by Gasteiger charge is -2.30. The molecule has 1 aliphatic rings. The normalized spacial score (nSPS) is 14.3. The first kappa shape index (κ1) is 11.3. The van der Waals surface area contributed by atoms with Crippen molar-refractivity contribution in [3.63, 3.8) is 0 Å². The van der Waals surface area contributed by atoms with Crippen LogP contribution in [0.4, 0.5) is 11.4 Å². The van der Waals surface area contributed by atoms with E-state index >= 15 is 0 Å². The van der Waals surface area contributed by atoms with Crippen LogP contribution in [0.3, 0.4) is 0 Å². The Balaban J connectivity index is 1.94. The Bertz CT molecular complexity index is 581. The molecule has 0 unspecified atom stereocenters. The summed E-state index contributed by atoms with van der Waals surface area (Å²) in [6, 6.07) is 9.61. The van der Waals surface area contributed by atoms with Crippen LogP contribution >= 0.6 is 15.9 Å². The largest absolute Gasteiger partial charge is 0.467 e. The quantitative estimate of drug-likeness (QED) is 0.927. The zero-order valence-electron chi connectivity index (χ0n) is 9.52. The lowest BCUT2D eigenvalue weighted by Crippen LogP contribution is -2.37. The van der Waals surface area contributed by atoms with Crippen molar-refractivity contribution in [2.24, 2.45) is 0 Å². The molecule has 0 bridgehead atoms. The Hall–Kier alpha value is -1.75. The van der Waals surface area contributed by atoms with E-state index in [1.807, 2.05) is 35.2 Å². The van der Waals surface area contributed by atoms with Crippen molar-refractivity contribution in [3.8, 4) is 0 Å². The van der Waals surface area contributed by atoms with Gasteiger partial charge in [-0.15, -0.1) is 0 Å². The predicted octanol–water partition coefficient (Wildman–Crippen LogP) is 3.00. The summed E-state index contributed by atoms with van der Waals surface area (Å²) in [7, 11) is 0. The van der Waals surface area contributed by atoms with Crippen molar-refractivity contribution in [2.45, 2.75) is 6.54 Å². The fourth-order valence-electron chi connectivity index (χ4n) is 2.06. The van der Waals surface area contributed by atoms with Crippen molar-refractivity contribution >= 4 is 33.2 Å². The van der Waals surface area contributed by atoms with Gasteiger partial charge in [-0.3, -0.25) is 4.79 Å². The van der Waals surface area contributed by atoms with Gasteiger partial charge >= 0.3 is 0 Å². The van der Waals surface area contributed by atoms with E-state index in [0.717, 1.165) is 21.6 Å². The molecule has 1 N–H and O–H groups in total. The smallest absolute Gasteiger partial charge is 0.243 e. The Morgan fingerprint density at radius 2 is 2.28 bits per heavy atom. The number of carbonyl (C=O) groups excluding carboxylic acids is 1. The van der Waals surface area contributed by atoms with E-state index in [0.29, 0.717) is 13.1 Å². The number of halogens is 1. The average Bonchev–Trinajstić information content (AvgIpc) is 2.80. The van der Waals surface area contributed by atoms with Crippen LogP contribution in [0.2, 0.25) is 0 Å². The minimum absolute atomic E-state index is 0.00726. The molecule has 0 aliphatic carbocycles. The molecule has 1 amide bonds. The number of carbonyl (C=O) groups is 1. The third-order valence-corrected chi connectivity index (χ3v) is 3.33. The molecule has 92 valence electrons. The molecule has 1 aliphatic heterocycles. The Morgan fingerprint density at radius 3 is 3.06 bits per heavy atom.